The quantitative estimate of drug-likeness (QED) is 0.499. The van der Waals surface area contributed by atoms with E-state index in [2.05, 4.69) is 0 Å². The number of aliphatic hydroxyl groups is 2. The van der Waals surface area contributed by atoms with Gasteiger partial charge in [-0.25, -0.2) is 0 Å². The normalized spacial score (nSPS) is 13.3. The largest absolute Gasteiger partial charge is 0.383 e. The lowest BCUT2D eigenvalue weighted by molar-refractivity contribution is -0.384. The van der Waals surface area contributed by atoms with Gasteiger partial charge in [0.25, 0.3) is 0 Å². The molecule has 3 aromatic carbocycles. The fourth-order valence-corrected chi connectivity index (χ4v) is 3.66. The Bertz CT molecular complexity index is 733. The second kappa shape index (κ2) is 8.03. The van der Waals surface area contributed by atoms with Crippen LogP contribution in [0.3, 0.4) is 0 Å². The van der Waals surface area contributed by atoms with Crippen LogP contribution in [0.15, 0.2) is 91.0 Å². The first-order valence-corrected chi connectivity index (χ1v) is 8.77. The summed E-state index contributed by atoms with van der Waals surface area (Å²) in [5.74, 6) is -2.21. The van der Waals surface area contributed by atoms with Crippen molar-refractivity contribution in [2.24, 2.45) is 0 Å². The van der Waals surface area contributed by atoms with Gasteiger partial charge in [0.1, 0.15) is 0 Å². The van der Waals surface area contributed by atoms with Gasteiger partial charge in [0.05, 0.1) is 5.41 Å². The fourth-order valence-electron chi connectivity index (χ4n) is 3.66. The molecule has 2 N–H and O–H groups in total. The molecule has 27 heavy (non-hydrogen) atoms. The molecule has 0 aromatic heterocycles. The molecule has 4 heteroatoms. The Kier molecular flexibility index (Phi) is 5.73. The molecule has 0 aliphatic carbocycles. The van der Waals surface area contributed by atoms with Crippen LogP contribution in [-0.4, -0.2) is 36.5 Å². The average Bonchev–Trinajstić information content (AvgIpc) is 2.76. The predicted molar refractivity (Wildman–Crippen MR) is 104 cm³/mol. The van der Waals surface area contributed by atoms with Gasteiger partial charge in [-0.3, -0.25) is 0 Å². The Balaban J connectivity index is 2.40. The molecule has 0 bridgehead atoms. The van der Waals surface area contributed by atoms with Gasteiger partial charge in [-0.2, -0.15) is 0 Å². The summed E-state index contributed by atoms with van der Waals surface area (Å²) < 4.78 is 10.4. The van der Waals surface area contributed by atoms with Crippen LogP contribution in [0.5, 0.6) is 0 Å². The zero-order chi connectivity index (χ0) is 19.3. The third kappa shape index (κ3) is 3.29. The molecule has 3 rings (SSSR count). The number of hydrogen-bond acceptors (Lipinski definition) is 4. The van der Waals surface area contributed by atoms with Crippen LogP contribution in [-0.2, 0) is 14.9 Å². The Hall–Kier alpha value is -2.50. The first-order valence-electron chi connectivity index (χ1n) is 8.77. The monoisotopic (exact) mass is 364 g/mol. The van der Waals surface area contributed by atoms with Crippen molar-refractivity contribution in [3.05, 3.63) is 108 Å². The first-order chi connectivity index (χ1) is 13.1. The highest BCUT2D eigenvalue weighted by molar-refractivity contribution is 5.52. The van der Waals surface area contributed by atoms with Crippen LogP contribution in [0.1, 0.15) is 16.7 Å². The summed E-state index contributed by atoms with van der Waals surface area (Å²) in [6.07, 6.45) is -1.45. The van der Waals surface area contributed by atoms with Gasteiger partial charge >= 0.3 is 5.97 Å². The van der Waals surface area contributed by atoms with E-state index in [-0.39, 0.29) is 0 Å². The topological polar surface area (TPSA) is 58.9 Å². The molecule has 0 spiro atoms. The SMILES string of the molecule is COC(O)(OC)C(O)C(c1ccccc1)(c1ccccc1)c1ccccc1. The minimum absolute atomic E-state index is 0.808. The molecule has 0 saturated heterocycles. The molecule has 4 nitrogen and oxygen atoms in total. The maximum atomic E-state index is 11.5. The molecule has 0 fully saturated rings. The highest BCUT2D eigenvalue weighted by Crippen LogP contribution is 2.45. The zero-order valence-electron chi connectivity index (χ0n) is 15.4. The maximum absolute atomic E-state index is 11.5. The molecule has 0 amide bonds. The van der Waals surface area contributed by atoms with Crippen LogP contribution < -0.4 is 0 Å². The molecule has 1 atom stereocenters. The zero-order valence-corrected chi connectivity index (χ0v) is 15.4. The van der Waals surface area contributed by atoms with E-state index < -0.39 is 17.5 Å². The Morgan fingerprint density at radius 1 is 0.630 bits per heavy atom. The van der Waals surface area contributed by atoms with Gasteiger partial charge in [0.2, 0.25) is 0 Å². The van der Waals surface area contributed by atoms with E-state index in [1.54, 1.807) is 0 Å². The summed E-state index contributed by atoms with van der Waals surface area (Å²) in [6, 6.07) is 28.7. The van der Waals surface area contributed by atoms with Crippen LogP contribution in [0.2, 0.25) is 0 Å². The van der Waals surface area contributed by atoms with E-state index in [9.17, 15) is 10.2 Å². The van der Waals surface area contributed by atoms with Crippen LogP contribution >= 0.6 is 0 Å². The van der Waals surface area contributed by atoms with Crippen molar-refractivity contribution in [2.75, 3.05) is 14.2 Å². The summed E-state index contributed by atoms with van der Waals surface area (Å²) in [5, 5.41) is 22.5. The molecule has 0 heterocycles. The van der Waals surface area contributed by atoms with Crippen molar-refractivity contribution in [3.63, 3.8) is 0 Å². The number of rotatable bonds is 7. The highest BCUT2D eigenvalue weighted by Gasteiger charge is 2.54. The van der Waals surface area contributed by atoms with E-state index in [1.807, 2.05) is 91.0 Å². The second-order valence-electron chi connectivity index (χ2n) is 6.35. The van der Waals surface area contributed by atoms with E-state index in [0.29, 0.717) is 0 Å². The molecule has 0 aliphatic heterocycles. The minimum Gasteiger partial charge on any atom is -0.383 e. The summed E-state index contributed by atoms with van der Waals surface area (Å²) in [6.45, 7) is 0. The summed E-state index contributed by atoms with van der Waals surface area (Å²) in [5.41, 5.74) is 1.30. The molecular weight excluding hydrogens is 340 g/mol. The molecule has 3 aromatic rings. The third-order valence-corrected chi connectivity index (χ3v) is 5.03. The lowest BCUT2D eigenvalue weighted by atomic mass is 9.65. The fraction of sp³-hybridized carbons (Fsp3) is 0.217. The standard InChI is InChI=1S/C23H24O4/c1-26-23(25,27-2)21(24)22(18-12-6-3-7-13-18,19-14-8-4-9-15-19)20-16-10-5-11-17-20/h3-17,21,24-25H,1-2H3. The Labute approximate surface area is 159 Å². The van der Waals surface area contributed by atoms with E-state index in [0.717, 1.165) is 16.7 Å². The third-order valence-electron chi connectivity index (χ3n) is 5.03. The van der Waals surface area contributed by atoms with Crippen molar-refractivity contribution in [1.82, 2.24) is 0 Å². The lowest BCUT2D eigenvalue weighted by Crippen LogP contribution is -2.58. The van der Waals surface area contributed by atoms with Gasteiger partial charge in [0.15, 0.2) is 6.10 Å². The second-order valence-corrected chi connectivity index (χ2v) is 6.35. The van der Waals surface area contributed by atoms with Gasteiger partial charge in [0, 0.05) is 14.2 Å². The van der Waals surface area contributed by atoms with Crippen LogP contribution in [0, 0.1) is 0 Å². The molecular formula is C23H24O4. The molecule has 0 radical (unpaired) electrons. The molecule has 0 aliphatic rings. The molecule has 0 saturated carbocycles. The first kappa shape index (κ1) is 19.3. The summed E-state index contributed by atoms with van der Waals surface area (Å²) in [7, 11) is 2.61. The van der Waals surface area contributed by atoms with Crippen molar-refractivity contribution < 1.29 is 19.7 Å². The average molecular weight is 364 g/mol. The summed E-state index contributed by atoms with van der Waals surface area (Å²) in [4.78, 5) is 0. The van der Waals surface area contributed by atoms with E-state index in [1.165, 1.54) is 14.2 Å². The van der Waals surface area contributed by atoms with Crippen LogP contribution in [0.4, 0.5) is 0 Å². The number of benzene rings is 3. The van der Waals surface area contributed by atoms with E-state index >= 15 is 0 Å². The number of ether oxygens (including phenoxy) is 2. The van der Waals surface area contributed by atoms with Crippen molar-refractivity contribution in [3.8, 4) is 0 Å². The van der Waals surface area contributed by atoms with Crippen LogP contribution in [0.25, 0.3) is 0 Å². The van der Waals surface area contributed by atoms with Crippen molar-refractivity contribution in [2.45, 2.75) is 17.5 Å². The number of hydrogen-bond donors (Lipinski definition) is 2. The van der Waals surface area contributed by atoms with Gasteiger partial charge in [-0.15, -0.1) is 0 Å². The highest BCUT2D eigenvalue weighted by atomic mass is 16.8. The summed E-state index contributed by atoms with van der Waals surface area (Å²) >= 11 is 0. The number of methoxy groups -OCH3 is 2. The number of aliphatic hydroxyl groups excluding tert-OH is 1. The van der Waals surface area contributed by atoms with Crippen molar-refractivity contribution in [1.29, 1.82) is 0 Å². The van der Waals surface area contributed by atoms with Gasteiger partial charge in [-0.05, 0) is 16.7 Å². The minimum atomic E-state index is -2.21. The molecule has 140 valence electrons. The molecule has 1 unspecified atom stereocenters. The van der Waals surface area contributed by atoms with E-state index in [4.69, 9.17) is 9.47 Å². The Morgan fingerprint density at radius 2 is 0.926 bits per heavy atom. The Morgan fingerprint density at radius 3 is 1.19 bits per heavy atom. The predicted octanol–water partition coefficient (Wildman–Crippen LogP) is 3.32. The maximum Gasteiger partial charge on any atom is 0.309 e. The van der Waals surface area contributed by atoms with Gasteiger partial charge < -0.3 is 19.7 Å². The van der Waals surface area contributed by atoms with Gasteiger partial charge in [-0.1, -0.05) is 91.0 Å². The smallest absolute Gasteiger partial charge is 0.309 e. The lowest BCUT2D eigenvalue weighted by Gasteiger charge is -2.45. The van der Waals surface area contributed by atoms with Crippen molar-refractivity contribution >= 4 is 0 Å².